The van der Waals surface area contributed by atoms with Crippen molar-refractivity contribution < 1.29 is 8.94 Å². The van der Waals surface area contributed by atoms with Gasteiger partial charge in [-0.3, -0.25) is 0 Å². The van der Waals surface area contributed by atoms with E-state index in [1.165, 1.54) is 12.1 Å². The molecule has 1 rings (SSSR count). The van der Waals surface area contributed by atoms with Crippen LogP contribution in [-0.2, 0) is 10.4 Å². The fourth-order valence-corrected chi connectivity index (χ4v) is 1.46. The minimum Gasteiger partial charge on any atom is -0.594 e. The Morgan fingerprint density at radius 2 is 2.25 bits per heavy atom. The summed E-state index contributed by atoms with van der Waals surface area (Å²) in [6.45, 7) is 0. The van der Waals surface area contributed by atoms with Crippen LogP contribution in [0.5, 0.6) is 0 Å². The average Bonchev–Trinajstić information content (AvgIpc) is 2.03. The van der Waals surface area contributed by atoms with Crippen molar-refractivity contribution in [1.29, 1.82) is 5.26 Å². The van der Waals surface area contributed by atoms with Gasteiger partial charge < -0.3 is 4.55 Å². The minimum absolute atomic E-state index is 0.101. The summed E-state index contributed by atoms with van der Waals surface area (Å²) >= 11 is 0. The molecule has 1 atom stereocenters. The maximum absolute atomic E-state index is 12.9. The van der Waals surface area contributed by atoms with Crippen molar-refractivity contribution in [3.05, 3.63) is 29.6 Å². The van der Waals surface area contributed by atoms with E-state index in [0.717, 1.165) is 6.07 Å². The lowest BCUT2D eigenvalue weighted by atomic mass is 10.2. The van der Waals surface area contributed by atoms with Crippen molar-refractivity contribution in [2.24, 2.45) is 0 Å². The first-order chi connectivity index (χ1) is 5.65. The molecular weight excluding hydrogens is 201 g/mol. The highest BCUT2D eigenvalue weighted by Gasteiger charge is 2.14. The Bertz CT molecular complexity index is 337. The number of benzene rings is 1. The molecule has 1 aromatic carbocycles. The van der Waals surface area contributed by atoms with Gasteiger partial charge in [0.2, 0.25) is 4.90 Å². The Labute approximate surface area is 76.3 Å². The van der Waals surface area contributed by atoms with Crippen molar-refractivity contribution in [2.45, 2.75) is 4.90 Å². The molecule has 0 fully saturated rings. The van der Waals surface area contributed by atoms with Crippen LogP contribution >= 0.6 is 10.7 Å². The fourth-order valence-electron chi connectivity index (χ4n) is 0.701. The zero-order valence-corrected chi connectivity index (χ0v) is 7.32. The fraction of sp³-hybridized carbons (Fsp3) is 0. The minimum atomic E-state index is -1.86. The third-order valence-electron chi connectivity index (χ3n) is 1.23. The largest absolute Gasteiger partial charge is 0.594 e. The van der Waals surface area contributed by atoms with Crippen LogP contribution in [0.25, 0.3) is 0 Å². The summed E-state index contributed by atoms with van der Waals surface area (Å²) in [6, 6.07) is 5.34. The second-order valence-corrected chi connectivity index (χ2v) is 3.71. The van der Waals surface area contributed by atoms with Crippen molar-refractivity contribution in [3.63, 3.8) is 0 Å². The molecule has 0 N–H and O–H groups in total. The Kier molecular flexibility index (Phi) is 2.93. The molecule has 0 aliphatic heterocycles. The smallest absolute Gasteiger partial charge is 0.208 e. The highest BCUT2D eigenvalue weighted by molar-refractivity contribution is 8.13. The van der Waals surface area contributed by atoms with Crippen LogP contribution in [0.1, 0.15) is 5.56 Å². The van der Waals surface area contributed by atoms with E-state index >= 15 is 0 Å². The SMILES string of the molecule is N#Cc1ccc([S+]([O-])Cl)c(F)c1. The zero-order valence-electron chi connectivity index (χ0n) is 5.75. The quantitative estimate of drug-likeness (QED) is 0.655. The van der Waals surface area contributed by atoms with Crippen LogP contribution in [0.4, 0.5) is 4.39 Å². The molecule has 0 aliphatic rings. The lowest BCUT2D eigenvalue weighted by molar-refractivity contribution is 0.574. The van der Waals surface area contributed by atoms with Gasteiger partial charge in [-0.25, -0.2) is 4.39 Å². The van der Waals surface area contributed by atoms with Crippen LogP contribution in [-0.4, -0.2) is 4.55 Å². The molecular formula is C7H3ClFNOS. The number of hydrogen-bond donors (Lipinski definition) is 0. The van der Waals surface area contributed by atoms with Crippen molar-refractivity contribution >= 4 is 21.1 Å². The van der Waals surface area contributed by atoms with Gasteiger partial charge in [0.15, 0.2) is 16.5 Å². The molecule has 2 nitrogen and oxygen atoms in total. The molecule has 1 unspecified atom stereocenters. The van der Waals surface area contributed by atoms with Crippen molar-refractivity contribution in [2.75, 3.05) is 0 Å². The maximum atomic E-state index is 12.9. The molecule has 0 bridgehead atoms. The second-order valence-electron chi connectivity index (χ2n) is 1.98. The summed E-state index contributed by atoms with van der Waals surface area (Å²) in [5.41, 5.74) is 0.179. The second kappa shape index (κ2) is 3.76. The van der Waals surface area contributed by atoms with Crippen LogP contribution in [0.2, 0.25) is 0 Å². The van der Waals surface area contributed by atoms with Crippen LogP contribution in [0.3, 0.4) is 0 Å². The summed E-state index contributed by atoms with van der Waals surface area (Å²) < 4.78 is 23.5. The Hall–Kier alpha value is -0.760. The Balaban J connectivity index is 3.14. The summed E-state index contributed by atoms with van der Waals surface area (Å²) in [7, 11) is 3.29. The maximum Gasteiger partial charge on any atom is 0.208 e. The van der Waals surface area contributed by atoms with Crippen LogP contribution < -0.4 is 0 Å². The predicted molar refractivity (Wildman–Crippen MR) is 43.4 cm³/mol. The number of rotatable bonds is 1. The number of nitriles is 1. The van der Waals surface area contributed by atoms with E-state index in [1.54, 1.807) is 6.07 Å². The highest BCUT2D eigenvalue weighted by atomic mass is 35.7. The Morgan fingerprint density at radius 1 is 1.58 bits per heavy atom. The van der Waals surface area contributed by atoms with E-state index in [1.807, 2.05) is 0 Å². The number of halogens is 2. The average molecular weight is 204 g/mol. The van der Waals surface area contributed by atoms with E-state index in [0.29, 0.717) is 0 Å². The molecule has 0 spiro atoms. The van der Waals surface area contributed by atoms with E-state index in [-0.39, 0.29) is 10.5 Å². The van der Waals surface area contributed by atoms with Crippen molar-refractivity contribution in [3.8, 4) is 6.07 Å². The van der Waals surface area contributed by atoms with E-state index < -0.39 is 16.2 Å². The predicted octanol–water partition coefficient (Wildman–Crippen LogP) is 1.96. The topological polar surface area (TPSA) is 46.8 Å². The van der Waals surface area contributed by atoms with Gasteiger partial charge in [0, 0.05) is 0 Å². The lowest BCUT2D eigenvalue weighted by Gasteiger charge is -1.99. The molecule has 0 amide bonds. The molecule has 0 radical (unpaired) electrons. The molecule has 62 valence electrons. The van der Waals surface area contributed by atoms with Gasteiger partial charge >= 0.3 is 0 Å². The van der Waals surface area contributed by atoms with Crippen LogP contribution in [0.15, 0.2) is 23.1 Å². The van der Waals surface area contributed by atoms with Crippen molar-refractivity contribution in [1.82, 2.24) is 0 Å². The van der Waals surface area contributed by atoms with Gasteiger partial charge in [0.25, 0.3) is 0 Å². The monoisotopic (exact) mass is 203 g/mol. The summed E-state index contributed by atoms with van der Waals surface area (Å²) in [4.78, 5) is -0.101. The first-order valence-corrected chi connectivity index (χ1v) is 4.90. The summed E-state index contributed by atoms with van der Waals surface area (Å²) in [5, 5.41) is 8.37. The molecule has 0 saturated carbocycles. The molecule has 5 heteroatoms. The van der Waals surface area contributed by atoms with E-state index in [2.05, 4.69) is 0 Å². The highest BCUT2D eigenvalue weighted by Crippen LogP contribution is 2.19. The van der Waals surface area contributed by atoms with E-state index in [9.17, 15) is 8.94 Å². The van der Waals surface area contributed by atoms with Gasteiger partial charge in [-0.15, -0.1) is 0 Å². The third kappa shape index (κ3) is 1.89. The Morgan fingerprint density at radius 3 is 2.67 bits per heavy atom. The molecule has 12 heavy (non-hydrogen) atoms. The molecule has 0 heterocycles. The first-order valence-electron chi connectivity index (χ1n) is 2.93. The van der Waals surface area contributed by atoms with Gasteiger partial charge in [0.1, 0.15) is 10.4 Å². The van der Waals surface area contributed by atoms with Gasteiger partial charge in [-0.1, -0.05) is 0 Å². The van der Waals surface area contributed by atoms with Gasteiger partial charge in [-0.05, 0) is 18.2 Å². The molecule has 1 aromatic rings. The standard InChI is InChI=1S/C7H3ClFNOS/c8-12(11)7-2-1-5(4-10)3-6(7)9/h1-3H. The summed E-state index contributed by atoms with van der Waals surface area (Å²) in [5.74, 6) is -0.720. The number of hydrogen-bond acceptors (Lipinski definition) is 2. The zero-order chi connectivity index (χ0) is 9.14. The van der Waals surface area contributed by atoms with Gasteiger partial charge in [0.05, 0.1) is 11.6 Å². The molecule has 0 saturated heterocycles. The van der Waals surface area contributed by atoms with Gasteiger partial charge in [-0.2, -0.15) is 5.26 Å². The van der Waals surface area contributed by atoms with Crippen LogP contribution in [0, 0.1) is 17.1 Å². The molecule has 0 aliphatic carbocycles. The third-order valence-corrected chi connectivity index (χ3v) is 2.41. The summed E-state index contributed by atoms with van der Waals surface area (Å²) in [6.07, 6.45) is 0. The normalized spacial score (nSPS) is 12.2. The number of nitrogens with zero attached hydrogens (tertiary/aromatic N) is 1. The lowest BCUT2D eigenvalue weighted by Crippen LogP contribution is -1.95. The van der Waals surface area contributed by atoms with E-state index in [4.69, 9.17) is 15.9 Å². The first kappa shape index (κ1) is 9.33. The molecule has 0 aromatic heterocycles.